The summed E-state index contributed by atoms with van der Waals surface area (Å²) >= 11 is 0. The van der Waals surface area contributed by atoms with Crippen LogP contribution < -0.4 is 0 Å². The Morgan fingerprint density at radius 2 is 0.690 bits per heavy atom. The Labute approximate surface area is 259 Å². The Morgan fingerprint density at radius 1 is 0.429 bits per heavy atom. The zero-order chi connectivity index (χ0) is 31.2. The van der Waals surface area contributed by atoms with Gasteiger partial charge in [-0.05, 0) is 91.2 Å². The van der Waals surface area contributed by atoms with E-state index in [9.17, 15) is 0 Å². The molecule has 0 fully saturated rings. The van der Waals surface area contributed by atoms with Crippen LogP contribution in [0.1, 0.15) is 133 Å². The molecular formula is C38H58N2P2. The predicted octanol–water partition coefficient (Wildman–Crippen LogP) is 13.7. The minimum absolute atomic E-state index is 0.123. The fourth-order valence-corrected chi connectivity index (χ4v) is 20.2. The van der Waals surface area contributed by atoms with Crippen molar-refractivity contribution in [2.45, 2.75) is 143 Å². The molecule has 0 amide bonds. The number of benzene rings is 2. The SMILES string of the molecule is CCC(CC)(CC)P1(=NC(C)(C)C)C(C2=C(c3ccccc3)P2(=NC(C)(C)C)C(CC)(CC)CC)=C1c1ccccc1. The van der Waals surface area contributed by atoms with Gasteiger partial charge in [0, 0.05) is 45.7 Å². The summed E-state index contributed by atoms with van der Waals surface area (Å²) in [7, 11) is -4.05. The molecule has 4 heteroatoms. The topological polar surface area (TPSA) is 24.7 Å². The number of hydrogen-bond donors (Lipinski definition) is 0. The van der Waals surface area contributed by atoms with E-state index in [0.29, 0.717) is 0 Å². The fraction of sp³-hybridized carbons (Fsp3) is 0.579. The fourth-order valence-electron chi connectivity index (χ4n) is 7.98. The summed E-state index contributed by atoms with van der Waals surface area (Å²) in [5, 5.41) is 6.82. The van der Waals surface area contributed by atoms with Crippen LogP contribution >= 0.6 is 14.1 Å². The summed E-state index contributed by atoms with van der Waals surface area (Å²) in [5.41, 5.74) is 2.54. The van der Waals surface area contributed by atoms with E-state index >= 15 is 0 Å². The molecule has 2 atom stereocenters. The van der Waals surface area contributed by atoms with Gasteiger partial charge in [0.25, 0.3) is 0 Å². The number of hydrogen-bond acceptors (Lipinski definition) is 2. The summed E-state index contributed by atoms with van der Waals surface area (Å²) < 4.78 is 12.1. The van der Waals surface area contributed by atoms with E-state index in [1.54, 1.807) is 21.3 Å². The molecule has 230 valence electrons. The average molecular weight is 605 g/mol. The van der Waals surface area contributed by atoms with Gasteiger partial charge in [-0.2, -0.15) is 0 Å². The van der Waals surface area contributed by atoms with E-state index < -0.39 is 14.1 Å². The maximum Gasteiger partial charge on any atom is 0.0517 e. The largest absolute Gasteiger partial charge is 0.288 e. The molecule has 0 aromatic heterocycles. The molecular weight excluding hydrogens is 546 g/mol. The minimum Gasteiger partial charge on any atom is -0.288 e. The van der Waals surface area contributed by atoms with E-state index in [4.69, 9.17) is 9.49 Å². The van der Waals surface area contributed by atoms with E-state index in [1.807, 2.05) is 0 Å². The molecule has 0 spiro atoms. The third kappa shape index (κ3) is 5.12. The first-order valence-corrected chi connectivity index (χ1v) is 20.1. The maximum atomic E-state index is 6.07. The second-order valence-electron chi connectivity index (χ2n) is 14.5. The summed E-state index contributed by atoms with van der Waals surface area (Å²) in [5.74, 6) is 0. The Bertz CT molecular complexity index is 1320. The van der Waals surface area contributed by atoms with Crippen LogP contribution in [0.25, 0.3) is 10.6 Å². The normalized spacial score (nSPS) is 22.9. The molecule has 0 saturated heterocycles. The van der Waals surface area contributed by atoms with Crippen LogP contribution in [0, 0.1) is 0 Å². The van der Waals surface area contributed by atoms with Crippen molar-refractivity contribution < 1.29 is 0 Å². The van der Waals surface area contributed by atoms with Crippen LogP contribution in [-0.4, -0.2) is 21.4 Å². The minimum atomic E-state index is -2.03. The van der Waals surface area contributed by atoms with Gasteiger partial charge in [-0.15, -0.1) is 0 Å². The van der Waals surface area contributed by atoms with Gasteiger partial charge < -0.3 is 0 Å². The Balaban J connectivity index is 2.25. The lowest BCUT2D eigenvalue weighted by molar-refractivity contribution is 0.512. The third-order valence-corrected chi connectivity index (χ3v) is 20.8. The molecule has 2 aliphatic rings. The highest BCUT2D eigenvalue weighted by Gasteiger charge is 2.69. The predicted molar refractivity (Wildman–Crippen MR) is 192 cm³/mol. The van der Waals surface area contributed by atoms with Crippen LogP contribution in [-0.2, 0) is 0 Å². The van der Waals surface area contributed by atoms with Crippen molar-refractivity contribution >= 4 is 24.7 Å². The molecule has 42 heavy (non-hydrogen) atoms. The van der Waals surface area contributed by atoms with Crippen molar-refractivity contribution in [2.24, 2.45) is 9.49 Å². The molecule has 2 aliphatic heterocycles. The Hall–Kier alpha value is -1.62. The van der Waals surface area contributed by atoms with Crippen LogP contribution in [0.5, 0.6) is 0 Å². The highest BCUT2D eigenvalue weighted by Crippen LogP contribution is 3.03. The quantitative estimate of drug-likeness (QED) is 0.228. The number of rotatable bonds is 11. The molecule has 2 unspecified atom stereocenters. The van der Waals surface area contributed by atoms with Gasteiger partial charge in [-0.25, -0.2) is 0 Å². The first-order chi connectivity index (χ1) is 19.7. The highest BCUT2D eigenvalue weighted by atomic mass is 31.2. The van der Waals surface area contributed by atoms with Gasteiger partial charge in [0.05, 0.1) is 11.1 Å². The molecule has 2 heterocycles. The Morgan fingerprint density at radius 3 is 0.905 bits per heavy atom. The number of nitrogens with zero attached hydrogens (tertiary/aromatic N) is 2. The van der Waals surface area contributed by atoms with Crippen molar-refractivity contribution in [1.29, 1.82) is 0 Å². The van der Waals surface area contributed by atoms with Crippen molar-refractivity contribution in [1.82, 2.24) is 0 Å². The first kappa shape index (κ1) is 33.3. The molecule has 0 saturated carbocycles. The van der Waals surface area contributed by atoms with E-state index in [-0.39, 0.29) is 21.4 Å². The standard InChI is InChI=1S/C38H58N2P2/c1-13-37(14-2,15-3)41(39-35(7,8)9)31(29-25-21-19-22-26-29)33(41)34-32(30-27-23-20-24-28-30)42(34,40-36(10,11)12)38(16-4,17-5)18-6/h19-28H,13-18H2,1-12H3. The Kier molecular flexibility index (Phi) is 9.28. The zero-order valence-electron chi connectivity index (χ0n) is 28.8. The van der Waals surface area contributed by atoms with Gasteiger partial charge in [0.1, 0.15) is 0 Å². The van der Waals surface area contributed by atoms with E-state index in [0.717, 1.165) is 38.5 Å². The smallest absolute Gasteiger partial charge is 0.0517 e. The molecule has 0 N–H and O–H groups in total. The highest BCUT2D eigenvalue weighted by molar-refractivity contribution is 7.97. The first-order valence-electron chi connectivity index (χ1n) is 16.6. The second kappa shape index (κ2) is 11.7. The lowest BCUT2D eigenvalue weighted by Crippen LogP contribution is -2.26. The average Bonchev–Trinajstić information content (AvgIpc) is 3.81. The second-order valence-corrected chi connectivity index (χ2v) is 21.1. The molecule has 0 aliphatic carbocycles. The van der Waals surface area contributed by atoms with Gasteiger partial charge in [0.15, 0.2) is 0 Å². The van der Waals surface area contributed by atoms with Crippen molar-refractivity contribution in [3.63, 3.8) is 0 Å². The zero-order valence-corrected chi connectivity index (χ0v) is 30.6. The van der Waals surface area contributed by atoms with Crippen LogP contribution in [0.4, 0.5) is 0 Å². The van der Waals surface area contributed by atoms with E-state index in [1.165, 1.54) is 11.1 Å². The maximum absolute atomic E-state index is 6.07. The molecule has 2 aromatic carbocycles. The monoisotopic (exact) mass is 604 g/mol. The summed E-state index contributed by atoms with van der Waals surface area (Å²) in [6, 6.07) is 22.7. The van der Waals surface area contributed by atoms with Gasteiger partial charge >= 0.3 is 0 Å². The van der Waals surface area contributed by atoms with Crippen molar-refractivity contribution in [3.8, 4) is 0 Å². The summed E-state index contributed by atoms with van der Waals surface area (Å²) in [6.07, 6.45) is 6.94. The molecule has 0 bridgehead atoms. The van der Waals surface area contributed by atoms with Crippen molar-refractivity contribution in [2.75, 3.05) is 0 Å². The lowest BCUT2D eigenvalue weighted by atomic mass is 9.99. The summed E-state index contributed by atoms with van der Waals surface area (Å²) in [4.78, 5) is 0. The molecule has 2 aromatic rings. The van der Waals surface area contributed by atoms with Crippen LogP contribution in [0.3, 0.4) is 0 Å². The third-order valence-electron chi connectivity index (χ3n) is 10.2. The van der Waals surface area contributed by atoms with E-state index in [2.05, 4.69) is 144 Å². The lowest BCUT2D eigenvalue weighted by Gasteiger charge is -2.40. The number of allylic oxidation sites excluding steroid dienone is 2. The van der Waals surface area contributed by atoms with Crippen LogP contribution in [0.2, 0.25) is 0 Å². The van der Waals surface area contributed by atoms with Crippen molar-refractivity contribution in [3.05, 3.63) is 82.4 Å². The molecule has 0 radical (unpaired) electrons. The molecule has 2 nitrogen and oxygen atoms in total. The van der Waals surface area contributed by atoms with Gasteiger partial charge in [-0.1, -0.05) is 102 Å². The summed E-state index contributed by atoms with van der Waals surface area (Å²) in [6.45, 7) is 28.6. The molecule has 4 rings (SSSR count). The van der Waals surface area contributed by atoms with Gasteiger partial charge in [0.2, 0.25) is 0 Å². The van der Waals surface area contributed by atoms with Crippen LogP contribution in [0.15, 0.2) is 80.8 Å². The van der Waals surface area contributed by atoms with Gasteiger partial charge in [-0.3, -0.25) is 9.49 Å².